The third kappa shape index (κ3) is 4.47. The molecule has 3 rings (SSSR count). The average molecular weight is 373 g/mol. The summed E-state index contributed by atoms with van der Waals surface area (Å²) in [6, 6.07) is 5.43. The van der Waals surface area contributed by atoms with Crippen molar-refractivity contribution in [3.05, 3.63) is 36.3 Å². The van der Waals surface area contributed by atoms with Crippen LogP contribution in [-0.4, -0.2) is 40.1 Å². The number of pyridine rings is 1. The highest BCUT2D eigenvalue weighted by molar-refractivity contribution is 5.93. The Labute approximate surface area is 153 Å². The summed E-state index contributed by atoms with van der Waals surface area (Å²) in [6.07, 6.45) is 5.41. The van der Waals surface area contributed by atoms with E-state index in [0.717, 1.165) is 24.9 Å². The van der Waals surface area contributed by atoms with Crippen LogP contribution >= 0.6 is 24.8 Å². The SMILES string of the molecule is CC(N)C1CCCN(C(=O)c2cc(-c3ccncc3)on2)C1.Cl.Cl. The fraction of sp³-hybridized carbons (Fsp3) is 0.438. The van der Waals surface area contributed by atoms with E-state index in [-0.39, 0.29) is 36.8 Å². The molecule has 0 saturated carbocycles. The second-order valence-electron chi connectivity index (χ2n) is 5.82. The topological polar surface area (TPSA) is 85.2 Å². The maximum absolute atomic E-state index is 12.6. The van der Waals surface area contributed by atoms with E-state index in [2.05, 4.69) is 10.1 Å². The largest absolute Gasteiger partial charge is 0.355 e. The molecule has 1 aliphatic rings. The van der Waals surface area contributed by atoms with E-state index in [1.165, 1.54) is 0 Å². The predicted molar refractivity (Wildman–Crippen MR) is 96.5 cm³/mol. The molecule has 2 atom stereocenters. The number of nitrogens with two attached hydrogens (primary N) is 1. The van der Waals surface area contributed by atoms with Crippen LogP contribution in [-0.2, 0) is 0 Å². The molecule has 2 N–H and O–H groups in total. The van der Waals surface area contributed by atoms with Crippen LogP contribution in [0.25, 0.3) is 11.3 Å². The van der Waals surface area contributed by atoms with Crippen molar-refractivity contribution in [1.82, 2.24) is 15.0 Å². The number of aromatic nitrogens is 2. The molecule has 0 radical (unpaired) electrons. The minimum Gasteiger partial charge on any atom is -0.355 e. The van der Waals surface area contributed by atoms with Gasteiger partial charge >= 0.3 is 0 Å². The summed E-state index contributed by atoms with van der Waals surface area (Å²) in [5.41, 5.74) is 7.17. The smallest absolute Gasteiger partial charge is 0.276 e. The quantitative estimate of drug-likeness (QED) is 0.894. The van der Waals surface area contributed by atoms with Gasteiger partial charge in [-0.15, -0.1) is 24.8 Å². The molecule has 1 saturated heterocycles. The lowest BCUT2D eigenvalue weighted by atomic mass is 9.92. The first-order valence-electron chi connectivity index (χ1n) is 7.57. The number of carbonyl (C=O) groups excluding carboxylic acids is 1. The molecule has 1 fully saturated rings. The van der Waals surface area contributed by atoms with Crippen LogP contribution in [0.3, 0.4) is 0 Å². The zero-order valence-electron chi connectivity index (χ0n) is 13.4. The highest BCUT2D eigenvalue weighted by Crippen LogP contribution is 2.23. The summed E-state index contributed by atoms with van der Waals surface area (Å²) in [7, 11) is 0. The van der Waals surface area contributed by atoms with Gasteiger partial charge in [0.15, 0.2) is 11.5 Å². The molecule has 0 aromatic carbocycles. The van der Waals surface area contributed by atoms with Gasteiger partial charge < -0.3 is 15.2 Å². The summed E-state index contributed by atoms with van der Waals surface area (Å²) in [4.78, 5) is 18.3. The van der Waals surface area contributed by atoms with Crippen LogP contribution in [0.5, 0.6) is 0 Å². The molecule has 2 aromatic heterocycles. The van der Waals surface area contributed by atoms with Gasteiger partial charge in [0.05, 0.1) is 0 Å². The van der Waals surface area contributed by atoms with Gasteiger partial charge in [-0.05, 0) is 37.8 Å². The molecule has 8 heteroatoms. The molecule has 2 unspecified atom stereocenters. The van der Waals surface area contributed by atoms with Gasteiger partial charge in [-0.25, -0.2) is 0 Å². The third-order valence-corrected chi connectivity index (χ3v) is 4.18. The van der Waals surface area contributed by atoms with E-state index in [0.29, 0.717) is 23.9 Å². The normalized spacial score (nSPS) is 18.2. The molecule has 6 nitrogen and oxygen atoms in total. The number of likely N-dealkylation sites (tertiary alicyclic amines) is 1. The molecule has 3 heterocycles. The fourth-order valence-electron chi connectivity index (χ4n) is 2.81. The van der Waals surface area contributed by atoms with Gasteiger partial charge in [-0.2, -0.15) is 0 Å². The zero-order chi connectivity index (χ0) is 15.5. The highest BCUT2D eigenvalue weighted by atomic mass is 35.5. The van der Waals surface area contributed by atoms with E-state index in [4.69, 9.17) is 10.3 Å². The molecule has 0 spiro atoms. The molecule has 132 valence electrons. The number of nitrogens with zero attached hydrogens (tertiary/aromatic N) is 3. The van der Waals surface area contributed by atoms with Crippen LogP contribution in [0, 0.1) is 5.92 Å². The Hall–Kier alpha value is -1.63. The van der Waals surface area contributed by atoms with Crippen LogP contribution in [0.2, 0.25) is 0 Å². The second-order valence-corrected chi connectivity index (χ2v) is 5.82. The summed E-state index contributed by atoms with van der Waals surface area (Å²) < 4.78 is 5.29. The van der Waals surface area contributed by atoms with Crippen molar-refractivity contribution < 1.29 is 9.32 Å². The highest BCUT2D eigenvalue weighted by Gasteiger charge is 2.28. The Morgan fingerprint density at radius 1 is 1.38 bits per heavy atom. The molecule has 1 amide bonds. The first-order valence-corrected chi connectivity index (χ1v) is 7.57. The number of hydrogen-bond acceptors (Lipinski definition) is 5. The lowest BCUT2D eigenvalue weighted by Crippen LogP contribution is -2.45. The molecular weight excluding hydrogens is 351 g/mol. The monoisotopic (exact) mass is 372 g/mol. The summed E-state index contributed by atoms with van der Waals surface area (Å²) in [6.45, 7) is 3.43. The second kappa shape index (κ2) is 9.01. The number of hydrogen-bond donors (Lipinski definition) is 1. The van der Waals surface area contributed by atoms with Crippen molar-refractivity contribution in [3.63, 3.8) is 0 Å². The summed E-state index contributed by atoms with van der Waals surface area (Å²) >= 11 is 0. The Kier molecular flexibility index (Phi) is 7.66. The molecule has 0 bridgehead atoms. The van der Waals surface area contributed by atoms with Crippen LogP contribution in [0.4, 0.5) is 0 Å². The molecular formula is C16H22Cl2N4O2. The van der Waals surface area contributed by atoms with E-state index in [1.54, 1.807) is 18.5 Å². The maximum Gasteiger partial charge on any atom is 0.276 e. The standard InChI is InChI=1S/C16H20N4O2.2ClH/c1-11(17)13-3-2-8-20(10-13)16(21)14-9-15(22-19-14)12-4-6-18-7-5-12;;/h4-7,9,11,13H,2-3,8,10,17H2,1H3;2*1H. The lowest BCUT2D eigenvalue weighted by molar-refractivity contribution is 0.0650. The third-order valence-electron chi connectivity index (χ3n) is 4.18. The first kappa shape index (κ1) is 20.4. The average Bonchev–Trinajstić information content (AvgIpc) is 3.05. The Morgan fingerprint density at radius 2 is 2.08 bits per heavy atom. The number of amides is 1. The Bertz CT molecular complexity index is 649. The van der Waals surface area contributed by atoms with Gasteiger partial charge in [-0.1, -0.05) is 5.16 Å². The molecule has 2 aromatic rings. The van der Waals surface area contributed by atoms with E-state index < -0.39 is 0 Å². The van der Waals surface area contributed by atoms with Crippen molar-refractivity contribution in [2.45, 2.75) is 25.8 Å². The van der Waals surface area contributed by atoms with Gasteiger partial charge in [0.1, 0.15) is 0 Å². The van der Waals surface area contributed by atoms with E-state index in [1.807, 2.05) is 24.0 Å². The predicted octanol–water partition coefficient (Wildman–Crippen LogP) is 2.78. The Balaban J connectivity index is 0.00000144. The van der Waals surface area contributed by atoms with Crippen LogP contribution in [0.15, 0.2) is 35.1 Å². The number of carbonyl (C=O) groups is 1. The summed E-state index contributed by atoms with van der Waals surface area (Å²) in [5.74, 6) is 0.838. The Morgan fingerprint density at radius 3 is 2.75 bits per heavy atom. The molecule has 1 aliphatic heterocycles. The summed E-state index contributed by atoms with van der Waals surface area (Å²) in [5, 5.41) is 3.92. The van der Waals surface area contributed by atoms with Crippen molar-refractivity contribution in [2.24, 2.45) is 11.7 Å². The van der Waals surface area contributed by atoms with Crippen LogP contribution in [0.1, 0.15) is 30.3 Å². The van der Waals surface area contributed by atoms with E-state index in [9.17, 15) is 4.79 Å². The van der Waals surface area contributed by atoms with Gasteiger partial charge in [-0.3, -0.25) is 9.78 Å². The lowest BCUT2D eigenvalue weighted by Gasteiger charge is -2.34. The van der Waals surface area contributed by atoms with Crippen molar-refractivity contribution in [2.75, 3.05) is 13.1 Å². The van der Waals surface area contributed by atoms with Gasteiger partial charge in [0.2, 0.25) is 0 Å². The van der Waals surface area contributed by atoms with Gasteiger partial charge in [0.25, 0.3) is 5.91 Å². The first-order chi connectivity index (χ1) is 10.6. The van der Waals surface area contributed by atoms with Gasteiger partial charge in [0, 0.05) is 43.2 Å². The van der Waals surface area contributed by atoms with Crippen molar-refractivity contribution >= 4 is 30.7 Å². The number of halogens is 2. The zero-order valence-corrected chi connectivity index (χ0v) is 15.1. The molecule has 24 heavy (non-hydrogen) atoms. The van der Waals surface area contributed by atoms with Crippen molar-refractivity contribution in [1.29, 1.82) is 0 Å². The van der Waals surface area contributed by atoms with Crippen molar-refractivity contribution in [3.8, 4) is 11.3 Å². The minimum atomic E-state index is -0.0885. The van der Waals surface area contributed by atoms with E-state index >= 15 is 0 Å². The number of piperidine rings is 1. The number of rotatable bonds is 3. The minimum absolute atomic E-state index is 0. The fourth-order valence-corrected chi connectivity index (χ4v) is 2.81. The molecule has 0 aliphatic carbocycles. The maximum atomic E-state index is 12.6. The van der Waals surface area contributed by atoms with Crippen LogP contribution < -0.4 is 5.73 Å².